The lowest BCUT2D eigenvalue weighted by Crippen LogP contribution is -2.23. The molecule has 0 saturated carbocycles. The van der Waals surface area contributed by atoms with Crippen LogP contribution in [0.15, 0.2) is 18.2 Å². The second-order valence-corrected chi connectivity index (χ2v) is 5.61. The first-order valence-corrected chi connectivity index (χ1v) is 6.87. The molecule has 0 atom stereocenters. The van der Waals surface area contributed by atoms with Crippen molar-refractivity contribution in [2.75, 3.05) is 7.11 Å². The predicted octanol–water partition coefficient (Wildman–Crippen LogP) is 3.48. The summed E-state index contributed by atoms with van der Waals surface area (Å²) in [5, 5.41) is 2.95. The summed E-state index contributed by atoms with van der Waals surface area (Å²) in [5.74, 6) is 1.81. The molecule has 1 aromatic rings. The molecule has 0 aliphatic heterocycles. The van der Waals surface area contributed by atoms with E-state index in [2.05, 4.69) is 25.2 Å². The number of methoxy groups -OCH3 is 1. The summed E-state index contributed by atoms with van der Waals surface area (Å²) in [6, 6.07) is 6.08. The van der Waals surface area contributed by atoms with Gasteiger partial charge in [-0.1, -0.05) is 39.8 Å². The van der Waals surface area contributed by atoms with E-state index < -0.39 is 0 Å². The summed E-state index contributed by atoms with van der Waals surface area (Å²) in [4.78, 5) is 11.6. The molecule has 0 radical (unpaired) electrons. The molecule has 0 spiro atoms. The zero-order chi connectivity index (χ0) is 14.4. The summed E-state index contributed by atoms with van der Waals surface area (Å²) < 4.78 is 5.35. The molecule has 3 heteroatoms. The highest BCUT2D eigenvalue weighted by molar-refractivity contribution is 5.76. The predicted molar refractivity (Wildman–Crippen MR) is 78.4 cm³/mol. The van der Waals surface area contributed by atoms with E-state index in [0.29, 0.717) is 24.8 Å². The van der Waals surface area contributed by atoms with Crippen molar-refractivity contribution in [2.45, 2.75) is 46.6 Å². The number of carbonyl (C=O) groups is 1. The highest BCUT2D eigenvalue weighted by Gasteiger charge is 2.09. The van der Waals surface area contributed by atoms with Gasteiger partial charge in [0, 0.05) is 13.0 Å². The maximum Gasteiger partial charge on any atom is 0.220 e. The van der Waals surface area contributed by atoms with Crippen LogP contribution in [0.1, 0.15) is 51.2 Å². The van der Waals surface area contributed by atoms with Crippen molar-refractivity contribution in [2.24, 2.45) is 5.92 Å². The van der Waals surface area contributed by atoms with Crippen molar-refractivity contribution < 1.29 is 9.53 Å². The van der Waals surface area contributed by atoms with E-state index in [4.69, 9.17) is 4.74 Å². The molecular formula is C16H25NO2. The molecule has 1 aromatic carbocycles. The van der Waals surface area contributed by atoms with Crippen LogP contribution in [0, 0.1) is 5.92 Å². The molecule has 0 fully saturated rings. The van der Waals surface area contributed by atoms with Gasteiger partial charge in [0.1, 0.15) is 5.75 Å². The molecule has 1 N–H and O–H groups in total. The molecule has 19 heavy (non-hydrogen) atoms. The van der Waals surface area contributed by atoms with Crippen LogP contribution >= 0.6 is 0 Å². The van der Waals surface area contributed by atoms with Crippen LogP contribution in [-0.2, 0) is 11.3 Å². The second-order valence-electron chi connectivity index (χ2n) is 5.61. The Bertz CT molecular complexity index is 425. The standard InChI is InChI=1S/C16H25NO2/c1-11(2)8-16(18)17-10-13-6-7-15(19-5)14(9-13)12(3)4/h6-7,9,11-12H,8,10H2,1-5H3,(H,17,18). The Morgan fingerprint density at radius 3 is 2.47 bits per heavy atom. The highest BCUT2D eigenvalue weighted by atomic mass is 16.5. The summed E-state index contributed by atoms with van der Waals surface area (Å²) in [6.45, 7) is 8.95. The van der Waals surface area contributed by atoms with Gasteiger partial charge in [-0.3, -0.25) is 4.79 Å². The van der Waals surface area contributed by atoms with E-state index in [1.807, 2.05) is 26.0 Å². The maximum atomic E-state index is 11.6. The Labute approximate surface area is 116 Å². The molecule has 0 unspecified atom stereocenters. The zero-order valence-electron chi connectivity index (χ0n) is 12.6. The number of hydrogen-bond acceptors (Lipinski definition) is 2. The van der Waals surface area contributed by atoms with Gasteiger partial charge in [-0.25, -0.2) is 0 Å². The van der Waals surface area contributed by atoms with Crippen LogP contribution in [0.2, 0.25) is 0 Å². The fourth-order valence-electron chi connectivity index (χ4n) is 1.99. The van der Waals surface area contributed by atoms with E-state index in [1.165, 1.54) is 5.56 Å². The van der Waals surface area contributed by atoms with Crippen LogP contribution in [0.5, 0.6) is 5.75 Å². The van der Waals surface area contributed by atoms with Gasteiger partial charge in [-0.05, 0) is 29.0 Å². The summed E-state index contributed by atoms with van der Waals surface area (Å²) in [6.07, 6.45) is 0.577. The molecule has 1 rings (SSSR count). The smallest absolute Gasteiger partial charge is 0.220 e. The van der Waals surface area contributed by atoms with E-state index in [9.17, 15) is 4.79 Å². The molecule has 0 bridgehead atoms. The van der Waals surface area contributed by atoms with Gasteiger partial charge in [0.05, 0.1) is 7.11 Å². The third kappa shape index (κ3) is 4.93. The van der Waals surface area contributed by atoms with E-state index in [1.54, 1.807) is 7.11 Å². The Morgan fingerprint density at radius 2 is 1.95 bits per heavy atom. The molecule has 0 aliphatic rings. The van der Waals surface area contributed by atoms with Gasteiger partial charge in [0.15, 0.2) is 0 Å². The normalized spacial score (nSPS) is 10.9. The van der Waals surface area contributed by atoms with Gasteiger partial charge in [0.2, 0.25) is 5.91 Å². The third-order valence-electron chi connectivity index (χ3n) is 3.00. The molecule has 0 heterocycles. The van der Waals surface area contributed by atoms with E-state index in [-0.39, 0.29) is 5.91 Å². The molecule has 3 nitrogen and oxygen atoms in total. The van der Waals surface area contributed by atoms with Crippen LogP contribution in [0.4, 0.5) is 0 Å². The van der Waals surface area contributed by atoms with Gasteiger partial charge in [0.25, 0.3) is 0 Å². The Balaban J connectivity index is 2.69. The van der Waals surface area contributed by atoms with E-state index >= 15 is 0 Å². The first-order chi connectivity index (χ1) is 8.93. The maximum absolute atomic E-state index is 11.6. The van der Waals surface area contributed by atoms with Crippen molar-refractivity contribution in [1.82, 2.24) is 5.32 Å². The van der Waals surface area contributed by atoms with Gasteiger partial charge in [-0.15, -0.1) is 0 Å². The first-order valence-electron chi connectivity index (χ1n) is 6.87. The zero-order valence-corrected chi connectivity index (χ0v) is 12.6. The number of ether oxygens (including phenoxy) is 1. The third-order valence-corrected chi connectivity index (χ3v) is 3.00. The Morgan fingerprint density at radius 1 is 1.26 bits per heavy atom. The monoisotopic (exact) mass is 263 g/mol. The van der Waals surface area contributed by atoms with Crippen molar-refractivity contribution in [3.8, 4) is 5.75 Å². The summed E-state index contributed by atoms with van der Waals surface area (Å²) >= 11 is 0. The van der Waals surface area contributed by atoms with Gasteiger partial charge in [-0.2, -0.15) is 0 Å². The molecular weight excluding hydrogens is 238 g/mol. The molecule has 0 aliphatic carbocycles. The average Bonchev–Trinajstić information content (AvgIpc) is 2.35. The number of amides is 1. The van der Waals surface area contributed by atoms with Gasteiger partial charge < -0.3 is 10.1 Å². The SMILES string of the molecule is COc1ccc(CNC(=O)CC(C)C)cc1C(C)C. The largest absolute Gasteiger partial charge is 0.496 e. The van der Waals surface area contributed by atoms with Crippen LogP contribution in [-0.4, -0.2) is 13.0 Å². The van der Waals surface area contributed by atoms with Crippen molar-refractivity contribution in [1.29, 1.82) is 0 Å². The van der Waals surface area contributed by atoms with Gasteiger partial charge >= 0.3 is 0 Å². The molecule has 0 aromatic heterocycles. The molecule has 0 saturated heterocycles. The summed E-state index contributed by atoms with van der Waals surface area (Å²) in [5.41, 5.74) is 2.29. The lowest BCUT2D eigenvalue weighted by molar-refractivity contribution is -0.121. The van der Waals surface area contributed by atoms with Crippen LogP contribution in [0.3, 0.4) is 0 Å². The van der Waals surface area contributed by atoms with E-state index in [0.717, 1.165) is 11.3 Å². The fraction of sp³-hybridized carbons (Fsp3) is 0.562. The molecule has 106 valence electrons. The highest BCUT2D eigenvalue weighted by Crippen LogP contribution is 2.27. The number of rotatable bonds is 6. The molecule has 1 amide bonds. The average molecular weight is 263 g/mol. The van der Waals surface area contributed by atoms with Crippen molar-refractivity contribution >= 4 is 5.91 Å². The minimum absolute atomic E-state index is 0.108. The minimum Gasteiger partial charge on any atom is -0.496 e. The second kappa shape index (κ2) is 7.17. The fourth-order valence-corrected chi connectivity index (χ4v) is 1.99. The van der Waals surface area contributed by atoms with Crippen LogP contribution < -0.4 is 10.1 Å². The summed E-state index contributed by atoms with van der Waals surface area (Å²) in [7, 11) is 1.69. The minimum atomic E-state index is 0.108. The quantitative estimate of drug-likeness (QED) is 0.853. The lowest BCUT2D eigenvalue weighted by atomic mass is 9.99. The Hall–Kier alpha value is -1.51. The van der Waals surface area contributed by atoms with Crippen molar-refractivity contribution in [3.05, 3.63) is 29.3 Å². The lowest BCUT2D eigenvalue weighted by Gasteiger charge is -2.14. The number of benzene rings is 1. The topological polar surface area (TPSA) is 38.3 Å². The van der Waals surface area contributed by atoms with Crippen molar-refractivity contribution in [3.63, 3.8) is 0 Å². The number of nitrogens with one attached hydrogen (secondary N) is 1. The van der Waals surface area contributed by atoms with Crippen LogP contribution in [0.25, 0.3) is 0 Å². The Kier molecular flexibility index (Phi) is 5.87. The number of hydrogen-bond donors (Lipinski definition) is 1. The number of carbonyl (C=O) groups excluding carboxylic acids is 1. The first kappa shape index (κ1) is 15.5.